The molecule has 76 valence electrons. The Bertz CT molecular complexity index is 177. The number of ether oxygens (including phenoxy) is 1. The van der Waals surface area contributed by atoms with Gasteiger partial charge in [0.2, 0.25) is 0 Å². The summed E-state index contributed by atoms with van der Waals surface area (Å²) in [4.78, 5) is 0. The monoisotopic (exact) mass is 183 g/mol. The third-order valence-corrected chi connectivity index (χ3v) is 3.78. The van der Waals surface area contributed by atoms with Gasteiger partial charge in [0.05, 0.1) is 6.10 Å². The smallest absolute Gasteiger partial charge is 0.0726 e. The second-order valence-corrected chi connectivity index (χ2v) is 4.81. The molecule has 1 heterocycles. The third kappa shape index (κ3) is 1.89. The Labute approximate surface area is 81.0 Å². The Hall–Kier alpha value is -0.0800. The molecule has 2 unspecified atom stereocenters. The fourth-order valence-electron chi connectivity index (χ4n) is 2.56. The molecule has 2 heteroatoms. The minimum atomic E-state index is 0.245. The summed E-state index contributed by atoms with van der Waals surface area (Å²) in [7, 11) is 0. The van der Waals surface area contributed by atoms with Gasteiger partial charge in [-0.1, -0.05) is 12.8 Å². The molecule has 0 aromatic heterocycles. The van der Waals surface area contributed by atoms with E-state index in [4.69, 9.17) is 4.74 Å². The first kappa shape index (κ1) is 9.47. The van der Waals surface area contributed by atoms with Gasteiger partial charge in [-0.3, -0.25) is 0 Å². The molecule has 1 saturated carbocycles. The Morgan fingerprint density at radius 2 is 2.00 bits per heavy atom. The predicted octanol–water partition coefficient (Wildman–Crippen LogP) is 2.09. The van der Waals surface area contributed by atoms with E-state index in [1.54, 1.807) is 0 Å². The van der Waals surface area contributed by atoms with Crippen molar-refractivity contribution in [2.45, 2.75) is 63.6 Å². The highest BCUT2D eigenvalue weighted by Crippen LogP contribution is 2.28. The van der Waals surface area contributed by atoms with Crippen LogP contribution in [0.15, 0.2) is 0 Å². The lowest BCUT2D eigenvalue weighted by Crippen LogP contribution is -2.51. The van der Waals surface area contributed by atoms with E-state index < -0.39 is 0 Å². The molecular weight excluding hydrogens is 162 g/mol. The van der Waals surface area contributed by atoms with Gasteiger partial charge in [-0.2, -0.15) is 0 Å². The standard InChI is InChI=1S/C11H21NO/c1-9-11(2,7-8-13-9)12-10-5-3-4-6-10/h9-10,12H,3-8H2,1-2H3. The predicted molar refractivity (Wildman–Crippen MR) is 53.8 cm³/mol. The molecule has 2 aliphatic rings. The van der Waals surface area contributed by atoms with Crippen LogP contribution in [0.4, 0.5) is 0 Å². The number of nitrogens with one attached hydrogen (secondary N) is 1. The molecule has 1 aliphatic heterocycles. The molecule has 1 saturated heterocycles. The SMILES string of the molecule is CC1OCCC1(C)NC1CCCC1. The molecule has 2 fully saturated rings. The van der Waals surface area contributed by atoms with Crippen molar-refractivity contribution in [1.29, 1.82) is 0 Å². The molecular formula is C11H21NO. The quantitative estimate of drug-likeness (QED) is 0.707. The normalized spacial score (nSPS) is 41.5. The number of hydrogen-bond donors (Lipinski definition) is 1. The van der Waals surface area contributed by atoms with Crippen molar-refractivity contribution >= 4 is 0 Å². The summed E-state index contributed by atoms with van der Waals surface area (Å²) in [6.07, 6.45) is 7.09. The van der Waals surface area contributed by atoms with Crippen LogP contribution in [0.3, 0.4) is 0 Å². The zero-order chi connectivity index (χ0) is 9.31. The highest BCUT2D eigenvalue weighted by Gasteiger charge is 2.38. The Morgan fingerprint density at radius 1 is 1.31 bits per heavy atom. The Morgan fingerprint density at radius 3 is 2.54 bits per heavy atom. The molecule has 13 heavy (non-hydrogen) atoms. The molecule has 0 amide bonds. The first-order chi connectivity index (χ1) is 6.21. The second-order valence-electron chi connectivity index (χ2n) is 4.81. The van der Waals surface area contributed by atoms with Crippen molar-refractivity contribution in [2.24, 2.45) is 0 Å². The topological polar surface area (TPSA) is 21.3 Å². The second kappa shape index (κ2) is 3.58. The van der Waals surface area contributed by atoms with Crippen molar-refractivity contribution in [1.82, 2.24) is 5.32 Å². The minimum absolute atomic E-state index is 0.245. The summed E-state index contributed by atoms with van der Waals surface area (Å²) in [5, 5.41) is 3.78. The van der Waals surface area contributed by atoms with Gasteiger partial charge in [0.25, 0.3) is 0 Å². The first-order valence-corrected chi connectivity index (χ1v) is 5.60. The van der Waals surface area contributed by atoms with Crippen LogP contribution in [0.5, 0.6) is 0 Å². The van der Waals surface area contributed by atoms with E-state index in [0.29, 0.717) is 6.10 Å². The van der Waals surface area contributed by atoms with Crippen molar-refractivity contribution in [3.63, 3.8) is 0 Å². The first-order valence-electron chi connectivity index (χ1n) is 5.60. The molecule has 1 aliphatic carbocycles. The molecule has 0 aromatic rings. The van der Waals surface area contributed by atoms with Crippen LogP contribution >= 0.6 is 0 Å². The summed E-state index contributed by atoms with van der Waals surface area (Å²) in [6, 6.07) is 0.758. The fourth-order valence-corrected chi connectivity index (χ4v) is 2.56. The van der Waals surface area contributed by atoms with Crippen LogP contribution in [0.2, 0.25) is 0 Å². The van der Waals surface area contributed by atoms with Gasteiger partial charge in [0.1, 0.15) is 0 Å². The van der Waals surface area contributed by atoms with Gasteiger partial charge in [-0.15, -0.1) is 0 Å². The molecule has 0 bridgehead atoms. The van der Waals surface area contributed by atoms with Crippen LogP contribution in [-0.2, 0) is 4.74 Å². The van der Waals surface area contributed by atoms with E-state index in [0.717, 1.165) is 12.6 Å². The van der Waals surface area contributed by atoms with Gasteiger partial charge in [0.15, 0.2) is 0 Å². The summed E-state index contributed by atoms with van der Waals surface area (Å²) in [6.45, 7) is 5.43. The Balaban J connectivity index is 1.91. The van der Waals surface area contributed by atoms with Crippen LogP contribution in [-0.4, -0.2) is 24.3 Å². The van der Waals surface area contributed by atoms with Gasteiger partial charge < -0.3 is 10.1 Å². The number of rotatable bonds is 2. The van der Waals surface area contributed by atoms with E-state index in [1.807, 2.05) is 0 Å². The van der Waals surface area contributed by atoms with Crippen molar-refractivity contribution in [3.05, 3.63) is 0 Å². The van der Waals surface area contributed by atoms with Gasteiger partial charge >= 0.3 is 0 Å². The van der Waals surface area contributed by atoms with Crippen molar-refractivity contribution < 1.29 is 4.74 Å². The van der Waals surface area contributed by atoms with E-state index in [2.05, 4.69) is 19.2 Å². The maximum Gasteiger partial charge on any atom is 0.0726 e. The zero-order valence-electron chi connectivity index (χ0n) is 8.81. The van der Waals surface area contributed by atoms with Gasteiger partial charge in [-0.25, -0.2) is 0 Å². The van der Waals surface area contributed by atoms with E-state index in [1.165, 1.54) is 32.1 Å². The highest BCUT2D eigenvalue weighted by atomic mass is 16.5. The lowest BCUT2D eigenvalue weighted by molar-refractivity contribution is 0.0844. The molecule has 1 N–H and O–H groups in total. The summed E-state index contributed by atoms with van der Waals surface area (Å²) >= 11 is 0. The van der Waals surface area contributed by atoms with Crippen LogP contribution in [0, 0.1) is 0 Å². The maximum atomic E-state index is 5.62. The van der Waals surface area contributed by atoms with E-state index >= 15 is 0 Å². The molecule has 0 spiro atoms. The molecule has 2 rings (SSSR count). The molecule has 0 radical (unpaired) electrons. The average Bonchev–Trinajstić information content (AvgIpc) is 2.65. The lowest BCUT2D eigenvalue weighted by Gasteiger charge is -2.32. The van der Waals surface area contributed by atoms with Gasteiger partial charge in [0, 0.05) is 18.2 Å². The highest BCUT2D eigenvalue weighted by molar-refractivity contribution is 4.96. The molecule has 2 atom stereocenters. The van der Waals surface area contributed by atoms with E-state index in [-0.39, 0.29) is 5.54 Å². The minimum Gasteiger partial charge on any atom is -0.377 e. The maximum absolute atomic E-state index is 5.62. The lowest BCUT2D eigenvalue weighted by atomic mass is 9.93. The van der Waals surface area contributed by atoms with E-state index in [9.17, 15) is 0 Å². The molecule has 0 aromatic carbocycles. The largest absolute Gasteiger partial charge is 0.377 e. The number of hydrogen-bond acceptors (Lipinski definition) is 2. The summed E-state index contributed by atoms with van der Waals surface area (Å²) in [5.41, 5.74) is 0.245. The third-order valence-electron chi connectivity index (χ3n) is 3.78. The summed E-state index contributed by atoms with van der Waals surface area (Å²) in [5.74, 6) is 0. The van der Waals surface area contributed by atoms with Crippen LogP contribution in [0.1, 0.15) is 46.0 Å². The van der Waals surface area contributed by atoms with Crippen molar-refractivity contribution in [3.8, 4) is 0 Å². The van der Waals surface area contributed by atoms with Crippen LogP contribution in [0.25, 0.3) is 0 Å². The Kier molecular flexibility index (Phi) is 2.61. The average molecular weight is 183 g/mol. The van der Waals surface area contributed by atoms with Crippen LogP contribution < -0.4 is 5.32 Å². The van der Waals surface area contributed by atoms with Crippen molar-refractivity contribution in [2.75, 3.05) is 6.61 Å². The van der Waals surface area contributed by atoms with Gasteiger partial charge in [-0.05, 0) is 33.1 Å². The summed E-state index contributed by atoms with van der Waals surface area (Å²) < 4.78 is 5.62. The zero-order valence-corrected chi connectivity index (χ0v) is 8.81. The fraction of sp³-hybridized carbons (Fsp3) is 1.00. The molecule has 2 nitrogen and oxygen atoms in total.